The average Bonchev–Trinajstić information content (AvgIpc) is 2.45. The first-order chi connectivity index (χ1) is 11.1. The number of alkyl carbamates (subject to hydrolysis) is 1. The van der Waals surface area contributed by atoms with Crippen molar-refractivity contribution in [3.05, 3.63) is 35.9 Å². The molecule has 0 aliphatic rings. The predicted molar refractivity (Wildman–Crippen MR) is 92.6 cm³/mol. The topological polar surface area (TPSA) is 78.9 Å². The fraction of sp³-hybridized carbons (Fsp3) is 0.556. The summed E-state index contributed by atoms with van der Waals surface area (Å²) in [4.78, 5) is 24.8. The van der Waals surface area contributed by atoms with Crippen LogP contribution in [-0.2, 0) is 16.0 Å². The normalized spacial score (nSPS) is 13.8. The van der Waals surface area contributed by atoms with Gasteiger partial charge in [0.2, 0.25) is 5.91 Å². The van der Waals surface area contributed by atoms with E-state index in [9.17, 15) is 14.7 Å². The summed E-state index contributed by atoms with van der Waals surface area (Å²) in [7, 11) is 1.61. The second kappa shape index (κ2) is 8.68. The number of nitrogens with one attached hydrogen (secondary N) is 1. The first kappa shape index (κ1) is 20.0. The maximum absolute atomic E-state index is 12.1. The highest BCUT2D eigenvalue weighted by Crippen LogP contribution is 2.11. The molecular formula is C18H28N2O4. The molecule has 0 unspecified atom stereocenters. The van der Waals surface area contributed by atoms with Crippen LogP contribution in [0.1, 0.15) is 33.3 Å². The number of likely N-dealkylation sites (N-methyl/N-ethyl adjacent to an activating group) is 1. The molecule has 2 atom stereocenters. The molecule has 1 aromatic carbocycles. The molecule has 0 aliphatic carbocycles. The van der Waals surface area contributed by atoms with Crippen molar-refractivity contribution in [2.24, 2.45) is 0 Å². The minimum Gasteiger partial charge on any atom is -0.444 e. The van der Waals surface area contributed by atoms with E-state index in [1.807, 2.05) is 30.3 Å². The Morgan fingerprint density at radius 2 is 1.83 bits per heavy atom. The van der Waals surface area contributed by atoms with Crippen LogP contribution in [0, 0.1) is 0 Å². The van der Waals surface area contributed by atoms with Crippen molar-refractivity contribution in [3.8, 4) is 0 Å². The molecule has 0 bridgehead atoms. The quantitative estimate of drug-likeness (QED) is 0.832. The molecule has 0 radical (unpaired) electrons. The molecule has 24 heavy (non-hydrogen) atoms. The summed E-state index contributed by atoms with van der Waals surface area (Å²) in [6, 6.07) is 8.97. The van der Waals surface area contributed by atoms with Crippen LogP contribution in [0.2, 0.25) is 0 Å². The first-order valence-corrected chi connectivity index (χ1v) is 8.01. The number of benzene rings is 1. The van der Waals surface area contributed by atoms with Crippen LogP contribution < -0.4 is 5.32 Å². The lowest BCUT2D eigenvalue weighted by Gasteiger charge is -2.29. The van der Waals surface area contributed by atoms with Gasteiger partial charge in [-0.3, -0.25) is 4.79 Å². The van der Waals surface area contributed by atoms with E-state index in [4.69, 9.17) is 4.74 Å². The fourth-order valence-electron chi connectivity index (χ4n) is 2.15. The van der Waals surface area contributed by atoms with Crippen LogP contribution >= 0.6 is 0 Å². The van der Waals surface area contributed by atoms with Gasteiger partial charge in [0.25, 0.3) is 0 Å². The van der Waals surface area contributed by atoms with Gasteiger partial charge < -0.3 is 20.1 Å². The number of amides is 2. The number of carbonyl (C=O) groups is 2. The van der Waals surface area contributed by atoms with Gasteiger partial charge in [0, 0.05) is 20.5 Å². The number of hydrogen-bond donors (Lipinski definition) is 2. The number of nitrogens with zero attached hydrogens (tertiary/aromatic N) is 1. The lowest BCUT2D eigenvalue weighted by Crippen LogP contribution is -2.50. The zero-order valence-electron chi connectivity index (χ0n) is 15.1. The molecule has 1 aromatic rings. The second-order valence-electron chi connectivity index (χ2n) is 6.91. The highest BCUT2D eigenvalue weighted by Gasteiger charge is 2.26. The van der Waals surface area contributed by atoms with Gasteiger partial charge in [-0.15, -0.1) is 0 Å². The van der Waals surface area contributed by atoms with Crippen molar-refractivity contribution in [3.63, 3.8) is 0 Å². The number of hydrogen-bond acceptors (Lipinski definition) is 4. The molecule has 2 N–H and O–H groups in total. The molecule has 6 heteroatoms. The van der Waals surface area contributed by atoms with Crippen LogP contribution in [0.4, 0.5) is 4.79 Å². The Morgan fingerprint density at radius 3 is 2.33 bits per heavy atom. The van der Waals surface area contributed by atoms with Gasteiger partial charge in [-0.2, -0.15) is 0 Å². The van der Waals surface area contributed by atoms with E-state index in [0.29, 0.717) is 6.42 Å². The Labute approximate surface area is 143 Å². The summed E-state index contributed by atoms with van der Waals surface area (Å²) in [6.45, 7) is 6.89. The van der Waals surface area contributed by atoms with Crippen molar-refractivity contribution in [1.29, 1.82) is 0 Å². The van der Waals surface area contributed by atoms with Crippen LogP contribution in [0.25, 0.3) is 0 Å². The van der Waals surface area contributed by atoms with Gasteiger partial charge in [0.1, 0.15) is 5.60 Å². The van der Waals surface area contributed by atoms with Gasteiger partial charge in [-0.25, -0.2) is 4.79 Å². The van der Waals surface area contributed by atoms with Crippen molar-refractivity contribution >= 4 is 12.0 Å². The van der Waals surface area contributed by atoms with E-state index in [1.54, 1.807) is 27.8 Å². The summed E-state index contributed by atoms with van der Waals surface area (Å²) in [5.74, 6) is -0.148. The highest BCUT2D eigenvalue weighted by atomic mass is 16.6. The van der Waals surface area contributed by atoms with Gasteiger partial charge in [0.15, 0.2) is 0 Å². The van der Waals surface area contributed by atoms with Crippen molar-refractivity contribution in [1.82, 2.24) is 10.2 Å². The standard InChI is InChI=1S/C18H28N2O4/c1-13(21)20(5)12-16(22)15(11-14-9-7-6-8-10-14)19-17(23)24-18(2,3)4/h6-10,15-16,22H,11-12H2,1-5H3,(H,19,23)/t15-,16+/m1/s1. The third kappa shape index (κ3) is 7.46. The van der Waals surface area contributed by atoms with Gasteiger partial charge in [0.05, 0.1) is 12.1 Å². The fourth-order valence-corrected chi connectivity index (χ4v) is 2.15. The molecule has 0 heterocycles. The number of aliphatic hydroxyl groups is 1. The molecule has 0 aromatic heterocycles. The van der Waals surface area contributed by atoms with Gasteiger partial charge in [-0.05, 0) is 32.8 Å². The summed E-state index contributed by atoms with van der Waals surface area (Å²) in [6.07, 6.45) is -1.06. The minimum atomic E-state index is -0.911. The number of carbonyl (C=O) groups excluding carboxylic acids is 2. The second-order valence-corrected chi connectivity index (χ2v) is 6.91. The van der Waals surface area contributed by atoms with Crippen LogP contribution in [0.5, 0.6) is 0 Å². The summed E-state index contributed by atoms with van der Waals surface area (Å²) < 4.78 is 5.27. The van der Waals surface area contributed by atoms with E-state index in [0.717, 1.165) is 5.56 Å². The average molecular weight is 336 g/mol. The van der Waals surface area contributed by atoms with Crippen molar-refractivity contribution in [2.45, 2.75) is 51.9 Å². The Balaban J connectivity index is 2.82. The molecule has 134 valence electrons. The molecule has 0 fully saturated rings. The van der Waals surface area contributed by atoms with Crippen LogP contribution in [-0.4, -0.2) is 53.3 Å². The Hall–Kier alpha value is -2.08. The molecule has 0 saturated carbocycles. The number of aliphatic hydroxyl groups excluding tert-OH is 1. The van der Waals surface area contributed by atoms with Gasteiger partial charge in [-0.1, -0.05) is 30.3 Å². The molecule has 1 rings (SSSR count). The zero-order chi connectivity index (χ0) is 18.3. The third-order valence-corrected chi connectivity index (χ3v) is 3.46. The van der Waals surface area contributed by atoms with Gasteiger partial charge >= 0.3 is 6.09 Å². The predicted octanol–water partition coefficient (Wildman–Crippen LogP) is 1.96. The summed E-state index contributed by atoms with van der Waals surface area (Å²) in [5.41, 5.74) is 0.353. The molecule has 6 nitrogen and oxygen atoms in total. The summed E-state index contributed by atoms with van der Waals surface area (Å²) in [5, 5.41) is 13.2. The highest BCUT2D eigenvalue weighted by molar-refractivity contribution is 5.73. The van der Waals surface area contributed by atoms with E-state index in [-0.39, 0.29) is 12.5 Å². The number of rotatable bonds is 6. The van der Waals surface area contributed by atoms with E-state index in [1.165, 1.54) is 11.8 Å². The SMILES string of the molecule is CC(=O)N(C)C[C@H](O)[C@@H](Cc1ccccc1)NC(=O)OC(C)(C)C. The van der Waals surface area contributed by atoms with Crippen molar-refractivity contribution in [2.75, 3.05) is 13.6 Å². The molecule has 0 spiro atoms. The lowest BCUT2D eigenvalue weighted by atomic mass is 10.0. The van der Waals surface area contributed by atoms with E-state index in [2.05, 4.69) is 5.32 Å². The Bertz CT molecular complexity index is 540. The smallest absolute Gasteiger partial charge is 0.407 e. The van der Waals surface area contributed by atoms with Crippen LogP contribution in [0.15, 0.2) is 30.3 Å². The summed E-state index contributed by atoms with van der Waals surface area (Å²) >= 11 is 0. The first-order valence-electron chi connectivity index (χ1n) is 8.01. The lowest BCUT2D eigenvalue weighted by molar-refractivity contribution is -0.129. The maximum atomic E-state index is 12.1. The Morgan fingerprint density at radius 1 is 1.25 bits per heavy atom. The Kier molecular flexibility index (Phi) is 7.22. The maximum Gasteiger partial charge on any atom is 0.407 e. The number of ether oxygens (including phenoxy) is 1. The largest absolute Gasteiger partial charge is 0.444 e. The van der Waals surface area contributed by atoms with E-state index < -0.39 is 23.8 Å². The molecule has 2 amide bonds. The monoisotopic (exact) mass is 336 g/mol. The van der Waals surface area contributed by atoms with Crippen molar-refractivity contribution < 1.29 is 19.4 Å². The van der Waals surface area contributed by atoms with Crippen LogP contribution in [0.3, 0.4) is 0 Å². The zero-order valence-corrected chi connectivity index (χ0v) is 15.1. The molecular weight excluding hydrogens is 308 g/mol. The molecule has 0 aliphatic heterocycles. The third-order valence-electron chi connectivity index (χ3n) is 3.46. The minimum absolute atomic E-state index is 0.128. The molecule has 0 saturated heterocycles. The van der Waals surface area contributed by atoms with E-state index >= 15 is 0 Å².